The Kier molecular flexibility index (Phi) is 6.26. The summed E-state index contributed by atoms with van der Waals surface area (Å²) in [5.74, 6) is 0.426. The molecule has 1 heterocycles. The Labute approximate surface area is 143 Å². The van der Waals surface area contributed by atoms with Gasteiger partial charge in [0.05, 0.1) is 0 Å². The Morgan fingerprint density at radius 3 is 2.75 bits per heavy atom. The van der Waals surface area contributed by atoms with Crippen molar-refractivity contribution in [1.82, 2.24) is 20.2 Å². The third kappa shape index (κ3) is 4.76. The van der Waals surface area contributed by atoms with Crippen molar-refractivity contribution in [1.29, 1.82) is 0 Å². The van der Waals surface area contributed by atoms with Crippen LogP contribution >= 0.6 is 0 Å². The highest BCUT2D eigenvalue weighted by atomic mass is 16.1. The molecule has 1 aromatic carbocycles. The van der Waals surface area contributed by atoms with E-state index in [9.17, 15) is 4.79 Å². The molecule has 0 spiro atoms. The molecular weight excluding hydrogens is 302 g/mol. The van der Waals surface area contributed by atoms with Gasteiger partial charge < -0.3 is 15.5 Å². The van der Waals surface area contributed by atoms with Crippen molar-refractivity contribution in [2.75, 3.05) is 32.5 Å². The Hall–Kier alpha value is -2.47. The molecule has 0 fully saturated rings. The second kappa shape index (κ2) is 8.40. The van der Waals surface area contributed by atoms with Crippen molar-refractivity contribution in [3.63, 3.8) is 0 Å². The number of nitrogens with zero attached hydrogens (tertiary/aromatic N) is 3. The summed E-state index contributed by atoms with van der Waals surface area (Å²) in [6.07, 6.45) is 2.33. The number of aromatic nitrogens is 2. The lowest BCUT2D eigenvalue weighted by Crippen LogP contribution is -2.31. The van der Waals surface area contributed by atoms with Crippen LogP contribution < -0.4 is 10.6 Å². The van der Waals surface area contributed by atoms with Gasteiger partial charge >= 0.3 is 0 Å². The fraction of sp³-hybridized carbons (Fsp3) is 0.389. The SMILES string of the molecule is CCc1cccc(C)c1Nc1cc(C(=O)NCCN(C)C)ncn1. The number of carbonyl (C=O) groups is 1. The number of likely N-dealkylation sites (N-methyl/N-ethyl adjacent to an activating group) is 1. The number of hydrogen-bond acceptors (Lipinski definition) is 5. The molecule has 6 heteroatoms. The van der Waals surface area contributed by atoms with E-state index < -0.39 is 0 Å². The van der Waals surface area contributed by atoms with Gasteiger partial charge in [-0.25, -0.2) is 9.97 Å². The van der Waals surface area contributed by atoms with E-state index in [4.69, 9.17) is 0 Å². The first kappa shape index (κ1) is 17.9. The first-order valence-corrected chi connectivity index (χ1v) is 8.11. The second-order valence-electron chi connectivity index (χ2n) is 5.94. The molecule has 1 amide bonds. The van der Waals surface area contributed by atoms with Gasteiger partial charge in [0.1, 0.15) is 17.8 Å². The van der Waals surface area contributed by atoms with E-state index in [1.165, 1.54) is 11.9 Å². The minimum atomic E-state index is -0.192. The number of amides is 1. The minimum Gasteiger partial charge on any atom is -0.349 e. The van der Waals surface area contributed by atoms with E-state index in [0.29, 0.717) is 18.1 Å². The minimum absolute atomic E-state index is 0.192. The lowest BCUT2D eigenvalue weighted by Gasteiger charge is -2.14. The van der Waals surface area contributed by atoms with Gasteiger partial charge in [-0.2, -0.15) is 0 Å². The van der Waals surface area contributed by atoms with E-state index in [-0.39, 0.29) is 5.91 Å². The molecular formula is C18H25N5O. The number of anilines is 2. The summed E-state index contributed by atoms with van der Waals surface area (Å²) in [6, 6.07) is 7.86. The summed E-state index contributed by atoms with van der Waals surface area (Å²) >= 11 is 0. The summed E-state index contributed by atoms with van der Waals surface area (Å²) in [5.41, 5.74) is 3.76. The van der Waals surface area contributed by atoms with Crippen molar-refractivity contribution in [3.05, 3.63) is 47.4 Å². The van der Waals surface area contributed by atoms with Crippen molar-refractivity contribution < 1.29 is 4.79 Å². The smallest absolute Gasteiger partial charge is 0.270 e. The summed E-state index contributed by atoms with van der Waals surface area (Å²) in [5, 5.41) is 6.18. The van der Waals surface area contributed by atoms with Gasteiger partial charge in [-0.05, 0) is 38.6 Å². The van der Waals surface area contributed by atoms with Crippen LogP contribution in [0.3, 0.4) is 0 Å². The molecule has 6 nitrogen and oxygen atoms in total. The van der Waals surface area contributed by atoms with E-state index in [1.54, 1.807) is 6.07 Å². The summed E-state index contributed by atoms with van der Waals surface area (Å²) < 4.78 is 0. The van der Waals surface area contributed by atoms with Gasteiger partial charge in [-0.3, -0.25) is 4.79 Å². The fourth-order valence-corrected chi connectivity index (χ4v) is 2.36. The molecule has 0 unspecified atom stereocenters. The molecule has 0 bridgehead atoms. The van der Waals surface area contributed by atoms with Crippen LogP contribution in [-0.2, 0) is 6.42 Å². The van der Waals surface area contributed by atoms with Crippen LogP contribution in [0.4, 0.5) is 11.5 Å². The molecule has 0 aliphatic carbocycles. The predicted octanol–water partition coefficient (Wildman–Crippen LogP) is 2.38. The van der Waals surface area contributed by atoms with Crippen LogP contribution in [0.15, 0.2) is 30.6 Å². The second-order valence-corrected chi connectivity index (χ2v) is 5.94. The van der Waals surface area contributed by atoms with Crippen LogP contribution in [0, 0.1) is 6.92 Å². The topological polar surface area (TPSA) is 70.2 Å². The van der Waals surface area contributed by atoms with Crippen molar-refractivity contribution in [2.24, 2.45) is 0 Å². The van der Waals surface area contributed by atoms with Gasteiger partial charge in [-0.1, -0.05) is 25.1 Å². The summed E-state index contributed by atoms with van der Waals surface area (Å²) in [7, 11) is 3.93. The maximum absolute atomic E-state index is 12.2. The quantitative estimate of drug-likeness (QED) is 0.817. The molecule has 0 saturated heterocycles. The number of hydrogen-bond donors (Lipinski definition) is 2. The molecule has 0 radical (unpaired) electrons. The van der Waals surface area contributed by atoms with Crippen molar-refractivity contribution >= 4 is 17.4 Å². The van der Waals surface area contributed by atoms with Crippen LogP contribution in [-0.4, -0.2) is 48.0 Å². The maximum Gasteiger partial charge on any atom is 0.270 e. The van der Waals surface area contributed by atoms with Crippen molar-refractivity contribution in [3.8, 4) is 0 Å². The number of carbonyl (C=O) groups excluding carboxylic acids is 1. The third-order valence-electron chi connectivity index (χ3n) is 3.74. The predicted molar refractivity (Wildman–Crippen MR) is 96.8 cm³/mol. The molecule has 24 heavy (non-hydrogen) atoms. The molecule has 128 valence electrons. The molecule has 0 atom stereocenters. The monoisotopic (exact) mass is 327 g/mol. The van der Waals surface area contributed by atoms with Gasteiger partial charge in [0.25, 0.3) is 5.91 Å². The van der Waals surface area contributed by atoms with E-state index in [0.717, 1.165) is 24.2 Å². The third-order valence-corrected chi connectivity index (χ3v) is 3.74. The van der Waals surface area contributed by atoms with E-state index in [1.807, 2.05) is 25.1 Å². The molecule has 2 rings (SSSR count). The highest BCUT2D eigenvalue weighted by Gasteiger charge is 2.10. The molecule has 1 aromatic heterocycles. The van der Waals surface area contributed by atoms with E-state index >= 15 is 0 Å². The number of benzene rings is 1. The first-order valence-electron chi connectivity index (χ1n) is 8.11. The zero-order valence-corrected chi connectivity index (χ0v) is 14.8. The average molecular weight is 327 g/mol. The first-order chi connectivity index (χ1) is 11.5. The van der Waals surface area contributed by atoms with E-state index in [2.05, 4.69) is 46.6 Å². The van der Waals surface area contributed by atoms with Crippen LogP contribution in [0.25, 0.3) is 0 Å². The van der Waals surface area contributed by atoms with Gasteiger partial charge in [0, 0.05) is 24.8 Å². The van der Waals surface area contributed by atoms with Crippen LogP contribution in [0.5, 0.6) is 0 Å². The molecule has 2 N–H and O–H groups in total. The van der Waals surface area contributed by atoms with Gasteiger partial charge in [-0.15, -0.1) is 0 Å². The zero-order chi connectivity index (χ0) is 17.5. The highest BCUT2D eigenvalue weighted by Crippen LogP contribution is 2.24. The summed E-state index contributed by atoms with van der Waals surface area (Å²) in [4.78, 5) is 22.5. The number of rotatable bonds is 7. The number of nitrogens with one attached hydrogen (secondary N) is 2. The zero-order valence-electron chi connectivity index (χ0n) is 14.8. The van der Waals surface area contributed by atoms with Crippen LogP contribution in [0.2, 0.25) is 0 Å². The Morgan fingerprint density at radius 2 is 2.04 bits per heavy atom. The van der Waals surface area contributed by atoms with Gasteiger partial charge in [0.15, 0.2) is 0 Å². The number of para-hydroxylation sites is 1. The number of aryl methyl sites for hydroxylation is 2. The molecule has 0 saturated carbocycles. The highest BCUT2D eigenvalue weighted by molar-refractivity contribution is 5.93. The lowest BCUT2D eigenvalue weighted by atomic mass is 10.1. The Bertz CT molecular complexity index is 700. The Morgan fingerprint density at radius 1 is 1.25 bits per heavy atom. The van der Waals surface area contributed by atoms with Crippen LogP contribution in [0.1, 0.15) is 28.5 Å². The standard InChI is InChI=1S/C18H25N5O/c1-5-14-8-6-7-13(2)17(14)22-16-11-15(20-12-21-16)18(24)19-9-10-23(3)4/h6-8,11-12H,5,9-10H2,1-4H3,(H,19,24)(H,20,21,22). The molecule has 2 aromatic rings. The molecule has 0 aliphatic rings. The van der Waals surface area contributed by atoms with Gasteiger partial charge in [0.2, 0.25) is 0 Å². The maximum atomic E-state index is 12.2. The molecule has 0 aliphatic heterocycles. The normalized spacial score (nSPS) is 10.7. The summed E-state index contributed by atoms with van der Waals surface area (Å²) in [6.45, 7) is 5.53. The fourth-order valence-electron chi connectivity index (χ4n) is 2.36. The van der Waals surface area contributed by atoms with Crippen molar-refractivity contribution in [2.45, 2.75) is 20.3 Å². The average Bonchev–Trinajstić information content (AvgIpc) is 2.56. The largest absolute Gasteiger partial charge is 0.349 e. The Balaban J connectivity index is 2.12. The lowest BCUT2D eigenvalue weighted by molar-refractivity contribution is 0.0946.